The number of hydrogen-bond acceptors (Lipinski definition) is 4. The van der Waals surface area contributed by atoms with Crippen molar-refractivity contribution in [3.63, 3.8) is 0 Å². The summed E-state index contributed by atoms with van der Waals surface area (Å²) >= 11 is 0. The van der Waals surface area contributed by atoms with Crippen LogP contribution in [0.2, 0.25) is 0 Å². The zero-order chi connectivity index (χ0) is 18.6. The van der Waals surface area contributed by atoms with Crippen LogP contribution in [0.4, 0.5) is 18.0 Å². The third-order valence-corrected chi connectivity index (χ3v) is 3.72. The summed E-state index contributed by atoms with van der Waals surface area (Å²) in [6, 6.07) is 1.08. The van der Waals surface area contributed by atoms with E-state index in [1.807, 2.05) is 0 Å². The number of aliphatic hydroxyl groups excluding tert-OH is 1. The fourth-order valence-electron chi connectivity index (χ4n) is 2.26. The zero-order valence-electron chi connectivity index (χ0n) is 13.9. The average molecular weight is 359 g/mol. The van der Waals surface area contributed by atoms with Crippen molar-refractivity contribution in [3.8, 4) is 0 Å². The van der Waals surface area contributed by atoms with E-state index in [2.05, 4.69) is 10.4 Å². The SMILES string of the molecule is CCN(C[C@@H](O)C(F)(F)F)C(=O)NC1=CC=C(n2cccn2)CN1C. The van der Waals surface area contributed by atoms with E-state index in [0.29, 0.717) is 12.4 Å². The van der Waals surface area contributed by atoms with Gasteiger partial charge < -0.3 is 14.9 Å². The van der Waals surface area contributed by atoms with Gasteiger partial charge in [0.05, 0.1) is 18.8 Å². The number of nitrogens with one attached hydrogen (secondary N) is 1. The molecule has 0 saturated carbocycles. The lowest BCUT2D eigenvalue weighted by Crippen LogP contribution is -2.48. The van der Waals surface area contributed by atoms with Gasteiger partial charge in [0.25, 0.3) is 0 Å². The van der Waals surface area contributed by atoms with Gasteiger partial charge in [0.15, 0.2) is 6.10 Å². The van der Waals surface area contributed by atoms with Gasteiger partial charge in [-0.05, 0) is 25.1 Å². The van der Waals surface area contributed by atoms with Crippen LogP contribution in [0.3, 0.4) is 0 Å². The van der Waals surface area contributed by atoms with E-state index in [1.54, 1.807) is 47.2 Å². The van der Waals surface area contributed by atoms with Crippen LogP contribution in [-0.2, 0) is 0 Å². The molecule has 0 saturated heterocycles. The maximum Gasteiger partial charge on any atom is 0.416 e. The molecule has 7 nitrogen and oxygen atoms in total. The summed E-state index contributed by atoms with van der Waals surface area (Å²) in [7, 11) is 1.74. The van der Waals surface area contributed by atoms with E-state index >= 15 is 0 Å². The number of nitrogens with zero attached hydrogens (tertiary/aromatic N) is 4. The van der Waals surface area contributed by atoms with Crippen molar-refractivity contribution >= 4 is 11.7 Å². The molecular weight excluding hydrogens is 339 g/mol. The number of likely N-dealkylation sites (N-methyl/N-ethyl adjacent to an activating group) is 2. The van der Waals surface area contributed by atoms with Crippen LogP contribution in [0.1, 0.15) is 6.92 Å². The van der Waals surface area contributed by atoms with Gasteiger partial charge in [-0.15, -0.1) is 0 Å². The molecule has 25 heavy (non-hydrogen) atoms. The highest BCUT2D eigenvalue weighted by atomic mass is 19.4. The minimum Gasteiger partial charge on any atom is -0.382 e. The number of aromatic nitrogens is 2. The number of aliphatic hydroxyl groups is 1. The first kappa shape index (κ1) is 18.8. The molecule has 2 rings (SSSR count). The summed E-state index contributed by atoms with van der Waals surface area (Å²) in [5.74, 6) is 0.445. The standard InChI is InChI=1S/C15H20F3N5O2/c1-3-22(10-12(24)15(16,17)18)14(25)20-13-6-5-11(9-21(13)2)23-8-4-7-19-23/h4-8,12,24H,3,9-10H2,1-2H3,(H,20,25)/t12-/m1/s1. The van der Waals surface area contributed by atoms with Gasteiger partial charge in [0.1, 0.15) is 5.82 Å². The smallest absolute Gasteiger partial charge is 0.382 e. The van der Waals surface area contributed by atoms with E-state index in [-0.39, 0.29) is 6.54 Å². The minimum absolute atomic E-state index is 0.0321. The van der Waals surface area contributed by atoms with Crippen LogP contribution in [0.25, 0.3) is 5.70 Å². The van der Waals surface area contributed by atoms with E-state index < -0.39 is 24.9 Å². The number of allylic oxidation sites excluding steroid dienone is 2. The van der Waals surface area contributed by atoms with Gasteiger partial charge in [-0.3, -0.25) is 5.32 Å². The average Bonchev–Trinajstić information content (AvgIpc) is 3.07. The van der Waals surface area contributed by atoms with E-state index in [9.17, 15) is 18.0 Å². The number of urea groups is 1. The van der Waals surface area contributed by atoms with Crippen LogP contribution >= 0.6 is 0 Å². The quantitative estimate of drug-likeness (QED) is 0.835. The second-order valence-electron chi connectivity index (χ2n) is 5.54. The Morgan fingerprint density at radius 3 is 2.72 bits per heavy atom. The molecule has 2 heterocycles. The second-order valence-corrected chi connectivity index (χ2v) is 5.54. The van der Waals surface area contributed by atoms with E-state index in [0.717, 1.165) is 10.6 Å². The molecule has 1 aliphatic rings. The lowest BCUT2D eigenvalue weighted by Gasteiger charge is -2.30. The first-order valence-electron chi connectivity index (χ1n) is 7.65. The molecule has 0 aromatic carbocycles. The van der Waals surface area contributed by atoms with Crippen molar-refractivity contribution in [3.05, 3.63) is 36.4 Å². The Labute approximate surface area is 143 Å². The lowest BCUT2D eigenvalue weighted by molar-refractivity contribution is -0.206. The minimum atomic E-state index is -4.77. The maximum atomic E-state index is 12.5. The van der Waals surface area contributed by atoms with Crippen LogP contribution in [0.15, 0.2) is 36.4 Å². The highest BCUT2D eigenvalue weighted by molar-refractivity contribution is 5.76. The lowest BCUT2D eigenvalue weighted by atomic mass is 10.2. The number of carbonyl (C=O) groups excluding carboxylic acids is 1. The number of halogens is 3. The summed E-state index contributed by atoms with van der Waals surface area (Å²) in [6.07, 6.45) is -0.504. The van der Waals surface area contributed by atoms with Crippen molar-refractivity contribution < 1.29 is 23.1 Å². The van der Waals surface area contributed by atoms with Gasteiger partial charge in [0, 0.05) is 26.0 Å². The molecule has 0 fully saturated rings. The van der Waals surface area contributed by atoms with Crippen molar-refractivity contribution in [2.75, 3.05) is 26.7 Å². The first-order valence-corrected chi connectivity index (χ1v) is 7.65. The second kappa shape index (κ2) is 7.60. The number of rotatable bonds is 5. The van der Waals surface area contributed by atoms with Crippen molar-refractivity contribution in [2.45, 2.75) is 19.2 Å². The summed E-state index contributed by atoms with van der Waals surface area (Å²) in [5.41, 5.74) is 0.880. The molecule has 0 radical (unpaired) electrons. The van der Waals surface area contributed by atoms with Crippen LogP contribution < -0.4 is 5.32 Å². The monoisotopic (exact) mass is 359 g/mol. The third kappa shape index (κ3) is 4.75. The van der Waals surface area contributed by atoms with E-state index in [1.165, 1.54) is 6.92 Å². The fraction of sp³-hybridized carbons (Fsp3) is 0.467. The Balaban J connectivity index is 2.03. The molecule has 138 valence electrons. The molecule has 1 aliphatic heterocycles. The highest BCUT2D eigenvalue weighted by Crippen LogP contribution is 2.21. The molecule has 2 N–H and O–H groups in total. The highest BCUT2D eigenvalue weighted by Gasteiger charge is 2.39. The van der Waals surface area contributed by atoms with Crippen LogP contribution in [0.5, 0.6) is 0 Å². The molecular formula is C15H20F3N5O2. The summed E-state index contributed by atoms with van der Waals surface area (Å²) < 4.78 is 39.1. The molecule has 0 aliphatic carbocycles. The zero-order valence-corrected chi connectivity index (χ0v) is 13.9. The molecule has 10 heteroatoms. The summed E-state index contributed by atoms with van der Waals surface area (Å²) in [6.45, 7) is 1.21. The largest absolute Gasteiger partial charge is 0.416 e. The van der Waals surface area contributed by atoms with Crippen molar-refractivity contribution in [1.82, 2.24) is 24.9 Å². The molecule has 1 aromatic rings. The number of alkyl halides is 3. The van der Waals surface area contributed by atoms with Crippen molar-refractivity contribution in [1.29, 1.82) is 0 Å². The van der Waals surface area contributed by atoms with Gasteiger partial charge in [0.2, 0.25) is 0 Å². The Kier molecular flexibility index (Phi) is 5.73. The number of hydrogen-bond donors (Lipinski definition) is 2. The van der Waals surface area contributed by atoms with Gasteiger partial charge in [-0.1, -0.05) is 0 Å². The molecule has 0 spiro atoms. The third-order valence-electron chi connectivity index (χ3n) is 3.72. The fourth-order valence-corrected chi connectivity index (χ4v) is 2.26. The maximum absolute atomic E-state index is 12.5. The summed E-state index contributed by atoms with van der Waals surface area (Å²) in [4.78, 5) is 14.8. The number of amides is 2. The Hall–Kier alpha value is -2.49. The topological polar surface area (TPSA) is 73.6 Å². The molecule has 0 unspecified atom stereocenters. The van der Waals surface area contributed by atoms with Gasteiger partial charge >= 0.3 is 12.2 Å². The van der Waals surface area contributed by atoms with Crippen LogP contribution in [-0.4, -0.2) is 69.7 Å². The molecule has 2 amide bonds. The Bertz CT molecular complexity index is 655. The summed E-state index contributed by atoms with van der Waals surface area (Å²) in [5, 5.41) is 15.8. The predicted molar refractivity (Wildman–Crippen MR) is 85.1 cm³/mol. The Morgan fingerprint density at radius 1 is 1.48 bits per heavy atom. The number of carbonyl (C=O) groups is 1. The van der Waals surface area contributed by atoms with Gasteiger partial charge in [-0.2, -0.15) is 18.3 Å². The molecule has 0 bridgehead atoms. The first-order chi connectivity index (χ1) is 11.7. The molecule has 1 aromatic heterocycles. The predicted octanol–water partition coefficient (Wildman–Crippen LogP) is 1.47. The van der Waals surface area contributed by atoms with Crippen LogP contribution in [0, 0.1) is 0 Å². The van der Waals surface area contributed by atoms with Gasteiger partial charge in [-0.25, -0.2) is 9.48 Å². The normalized spacial score (nSPS) is 16.2. The molecule has 1 atom stereocenters. The van der Waals surface area contributed by atoms with Crippen molar-refractivity contribution in [2.24, 2.45) is 0 Å². The van der Waals surface area contributed by atoms with E-state index in [4.69, 9.17) is 5.11 Å². The Morgan fingerprint density at radius 2 is 2.20 bits per heavy atom.